The molecule has 2 amide bonds. The van der Waals surface area contributed by atoms with Crippen molar-refractivity contribution in [3.8, 4) is 22.8 Å². The molecular weight excluding hydrogens is 390 g/mol. The zero-order valence-electron chi connectivity index (χ0n) is 16.1. The summed E-state index contributed by atoms with van der Waals surface area (Å²) >= 11 is 6.21. The highest BCUT2D eigenvalue weighted by Crippen LogP contribution is 2.28. The first-order chi connectivity index (χ1) is 14.2. The molecule has 3 aromatic rings. The molecule has 8 heteroatoms. The van der Waals surface area contributed by atoms with Crippen LogP contribution in [0.1, 0.15) is 6.92 Å². The van der Waals surface area contributed by atoms with Gasteiger partial charge in [-0.05, 0) is 43.3 Å². The van der Waals surface area contributed by atoms with Crippen molar-refractivity contribution in [3.63, 3.8) is 0 Å². The Bertz CT molecular complexity index is 981. The van der Waals surface area contributed by atoms with Gasteiger partial charge in [0.1, 0.15) is 0 Å². The summed E-state index contributed by atoms with van der Waals surface area (Å²) in [5, 5.41) is 7.51. The number of aromatic nitrogens is 2. The van der Waals surface area contributed by atoms with Gasteiger partial charge in [-0.15, -0.1) is 0 Å². The fourth-order valence-corrected chi connectivity index (χ4v) is 3.55. The smallest absolute Gasteiger partial charge is 0.317 e. The molecule has 29 heavy (non-hydrogen) atoms. The lowest BCUT2D eigenvalue weighted by atomic mass is 10.1. The van der Waals surface area contributed by atoms with Crippen LogP contribution >= 0.6 is 11.6 Å². The van der Waals surface area contributed by atoms with E-state index in [2.05, 4.69) is 20.4 Å². The topological polar surface area (TPSA) is 74.5 Å². The summed E-state index contributed by atoms with van der Waals surface area (Å²) in [6.07, 6.45) is 0. The summed E-state index contributed by atoms with van der Waals surface area (Å²) in [6.45, 7) is 5.59. The largest absolute Gasteiger partial charge is 0.368 e. The number of urea groups is 1. The monoisotopic (exact) mass is 411 g/mol. The quantitative estimate of drug-likeness (QED) is 0.704. The molecule has 1 fully saturated rings. The second-order valence-corrected chi connectivity index (χ2v) is 7.17. The van der Waals surface area contributed by atoms with Crippen molar-refractivity contribution in [2.75, 3.05) is 37.6 Å². The van der Waals surface area contributed by atoms with Gasteiger partial charge >= 0.3 is 6.03 Å². The molecule has 150 valence electrons. The fraction of sp³-hybridized carbons (Fsp3) is 0.286. The Labute approximate surface area is 174 Å². The molecule has 1 aromatic heterocycles. The summed E-state index contributed by atoms with van der Waals surface area (Å²) in [4.78, 5) is 20.5. The summed E-state index contributed by atoms with van der Waals surface area (Å²) in [7, 11) is 0. The number of nitrogens with one attached hydrogen (secondary N) is 1. The van der Waals surface area contributed by atoms with Crippen molar-refractivity contribution < 1.29 is 9.32 Å². The Hall–Kier alpha value is -3.06. The normalized spacial score (nSPS) is 14.1. The van der Waals surface area contributed by atoms with Crippen molar-refractivity contribution in [1.82, 2.24) is 20.4 Å². The molecule has 0 aliphatic carbocycles. The van der Waals surface area contributed by atoms with Crippen LogP contribution in [0, 0.1) is 0 Å². The van der Waals surface area contributed by atoms with Crippen LogP contribution in [0.15, 0.2) is 53.1 Å². The highest BCUT2D eigenvalue weighted by molar-refractivity contribution is 6.33. The lowest BCUT2D eigenvalue weighted by Crippen LogP contribution is -2.51. The van der Waals surface area contributed by atoms with E-state index >= 15 is 0 Å². The number of benzene rings is 2. The predicted octanol–water partition coefficient (Wildman–Crippen LogP) is 3.91. The van der Waals surface area contributed by atoms with Gasteiger partial charge in [-0.1, -0.05) is 28.9 Å². The first kappa shape index (κ1) is 19.3. The van der Waals surface area contributed by atoms with Gasteiger partial charge in [0.15, 0.2) is 0 Å². The highest BCUT2D eigenvalue weighted by Gasteiger charge is 2.21. The second kappa shape index (κ2) is 8.53. The minimum atomic E-state index is 0.00827. The lowest BCUT2D eigenvalue weighted by molar-refractivity contribution is 0.195. The molecule has 0 radical (unpaired) electrons. The third kappa shape index (κ3) is 4.19. The lowest BCUT2D eigenvalue weighted by Gasteiger charge is -2.36. The zero-order valence-corrected chi connectivity index (χ0v) is 16.9. The van der Waals surface area contributed by atoms with Gasteiger partial charge in [-0.2, -0.15) is 4.98 Å². The van der Waals surface area contributed by atoms with E-state index < -0.39 is 0 Å². The van der Waals surface area contributed by atoms with E-state index in [1.54, 1.807) is 6.07 Å². The van der Waals surface area contributed by atoms with E-state index in [0.29, 0.717) is 36.4 Å². The Morgan fingerprint density at radius 2 is 1.83 bits per heavy atom. The summed E-state index contributed by atoms with van der Waals surface area (Å²) in [5.74, 6) is 0.920. The number of piperazine rings is 1. The van der Waals surface area contributed by atoms with Crippen LogP contribution in [-0.4, -0.2) is 53.8 Å². The maximum atomic E-state index is 11.9. The number of hydrogen-bond donors (Lipinski definition) is 1. The van der Waals surface area contributed by atoms with Crippen LogP contribution in [0.25, 0.3) is 22.8 Å². The molecule has 1 saturated heterocycles. The Morgan fingerprint density at radius 3 is 2.52 bits per heavy atom. The van der Waals surface area contributed by atoms with Gasteiger partial charge < -0.3 is 19.6 Å². The third-order valence-electron chi connectivity index (χ3n) is 4.92. The molecule has 1 N–H and O–H groups in total. The van der Waals surface area contributed by atoms with Crippen LogP contribution < -0.4 is 10.2 Å². The van der Waals surface area contributed by atoms with Crippen molar-refractivity contribution in [2.24, 2.45) is 0 Å². The fourth-order valence-electron chi connectivity index (χ4n) is 3.34. The molecule has 2 heterocycles. The van der Waals surface area contributed by atoms with Crippen molar-refractivity contribution in [3.05, 3.63) is 53.6 Å². The average molecular weight is 412 g/mol. The third-order valence-corrected chi connectivity index (χ3v) is 5.25. The minimum absolute atomic E-state index is 0.00827. The number of hydrogen-bond acceptors (Lipinski definition) is 5. The van der Waals surface area contributed by atoms with Crippen LogP contribution in [0.4, 0.5) is 10.5 Å². The van der Waals surface area contributed by atoms with Crippen LogP contribution in [0.5, 0.6) is 0 Å². The van der Waals surface area contributed by atoms with Crippen molar-refractivity contribution >= 4 is 23.3 Å². The number of anilines is 1. The second-order valence-electron chi connectivity index (χ2n) is 6.76. The maximum absolute atomic E-state index is 11.9. The van der Waals surface area contributed by atoms with E-state index in [0.717, 1.165) is 29.9 Å². The first-order valence-corrected chi connectivity index (χ1v) is 10.0. The van der Waals surface area contributed by atoms with Crippen molar-refractivity contribution in [1.29, 1.82) is 0 Å². The number of carbonyl (C=O) groups excluding carboxylic acids is 1. The number of carbonyl (C=O) groups is 1. The molecular formula is C21H22ClN5O2. The average Bonchev–Trinajstić information content (AvgIpc) is 3.24. The molecule has 7 nitrogen and oxygen atoms in total. The molecule has 2 aromatic carbocycles. The number of rotatable bonds is 4. The predicted molar refractivity (Wildman–Crippen MR) is 113 cm³/mol. The number of amides is 2. The first-order valence-electron chi connectivity index (χ1n) is 9.62. The number of halogens is 1. The standard InChI is InChI=1S/C21H22ClN5O2/c1-2-23-21(28)27-13-11-26(12-14-27)16-9-7-15(8-10-16)19-24-20(29-25-19)17-5-3-4-6-18(17)22/h3-10H,2,11-14H2,1H3,(H,23,28). The van der Waals surface area contributed by atoms with Gasteiger partial charge in [0, 0.05) is 44.0 Å². The molecule has 1 aliphatic rings. The Morgan fingerprint density at radius 1 is 1.10 bits per heavy atom. The molecule has 0 unspecified atom stereocenters. The molecule has 0 spiro atoms. The maximum Gasteiger partial charge on any atom is 0.317 e. The van der Waals surface area contributed by atoms with Crippen molar-refractivity contribution in [2.45, 2.75) is 6.92 Å². The molecule has 1 aliphatic heterocycles. The van der Waals surface area contributed by atoms with Gasteiger partial charge in [-0.25, -0.2) is 4.79 Å². The van der Waals surface area contributed by atoms with Gasteiger partial charge in [-0.3, -0.25) is 0 Å². The van der Waals surface area contributed by atoms with E-state index in [4.69, 9.17) is 16.1 Å². The summed E-state index contributed by atoms with van der Waals surface area (Å²) < 4.78 is 5.39. The van der Waals surface area contributed by atoms with E-state index in [-0.39, 0.29) is 6.03 Å². The van der Waals surface area contributed by atoms with E-state index in [9.17, 15) is 4.79 Å². The summed E-state index contributed by atoms with van der Waals surface area (Å²) in [6, 6.07) is 15.4. The van der Waals surface area contributed by atoms with E-state index in [1.165, 1.54) is 0 Å². The molecule has 0 bridgehead atoms. The highest BCUT2D eigenvalue weighted by atomic mass is 35.5. The van der Waals surface area contributed by atoms with Crippen LogP contribution in [0.3, 0.4) is 0 Å². The zero-order chi connectivity index (χ0) is 20.2. The molecule has 0 saturated carbocycles. The Balaban J connectivity index is 1.43. The van der Waals surface area contributed by atoms with Gasteiger partial charge in [0.25, 0.3) is 5.89 Å². The molecule has 4 rings (SSSR count). The summed E-state index contributed by atoms with van der Waals surface area (Å²) in [5.41, 5.74) is 2.70. The van der Waals surface area contributed by atoms with Crippen LogP contribution in [-0.2, 0) is 0 Å². The molecule has 0 atom stereocenters. The van der Waals surface area contributed by atoms with Gasteiger partial charge in [0.05, 0.1) is 10.6 Å². The minimum Gasteiger partial charge on any atom is -0.368 e. The Kier molecular flexibility index (Phi) is 5.67. The van der Waals surface area contributed by atoms with Gasteiger partial charge in [0.2, 0.25) is 5.82 Å². The van der Waals surface area contributed by atoms with E-state index in [1.807, 2.05) is 54.3 Å². The number of nitrogens with zero attached hydrogens (tertiary/aromatic N) is 4. The van der Waals surface area contributed by atoms with Crippen LogP contribution in [0.2, 0.25) is 5.02 Å². The SMILES string of the molecule is CCNC(=O)N1CCN(c2ccc(-c3noc(-c4ccccc4Cl)n3)cc2)CC1.